The Morgan fingerprint density at radius 1 is 1.35 bits per heavy atom. The van der Waals surface area contributed by atoms with E-state index in [0.717, 1.165) is 30.9 Å². The first-order valence-corrected chi connectivity index (χ1v) is 8.22. The van der Waals surface area contributed by atoms with Gasteiger partial charge in [0.05, 0.1) is 12.2 Å². The molecule has 0 spiro atoms. The first kappa shape index (κ1) is 17.8. The van der Waals surface area contributed by atoms with E-state index in [4.69, 9.17) is 0 Å². The van der Waals surface area contributed by atoms with Crippen LogP contribution in [0.2, 0.25) is 0 Å². The normalized spacial score (nSPS) is 15.4. The third-order valence-electron chi connectivity index (χ3n) is 3.58. The molecule has 1 amide bonds. The van der Waals surface area contributed by atoms with Crippen LogP contribution in [0.1, 0.15) is 54.1 Å². The van der Waals surface area contributed by atoms with Crippen molar-refractivity contribution in [1.29, 1.82) is 0 Å². The summed E-state index contributed by atoms with van der Waals surface area (Å²) in [5.74, 6) is -0.00409. The van der Waals surface area contributed by atoms with Crippen LogP contribution in [0.4, 0.5) is 5.13 Å². The van der Waals surface area contributed by atoms with Crippen molar-refractivity contribution in [3.8, 4) is 0 Å². The fourth-order valence-electron chi connectivity index (χ4n) is 2.31. The Labute approximate surface area is 144 Å². The number of carbonyl (C=O) groups is 1. The second kappa shape index (κ2) is 7.80. The van der Waals surface area contributed by atoms with Gasteiger partial charge in [-0.3, -0.25) is 10.1 Å². The average molecular weight is 358 g/mol. The monoisotopic (exact) mass is 357 g/mol. The Bertz CT molecular complexity index is 650. The van der Waals surface area contributed by atoms with Crippen molar-refractivity contribution >= 4 is 34.8 Å². The van der Waals surface area contributed by atoms with E-state index in [1.54, 1.807) is 10.9 Å². The molecule has 2 N–H and O–H groups in total. The fraction of sp³-hybridized carbons (Fsp3) is 0.615. The van der Waals surface area contributed by atoms with Gasteiger partial charge in [0.15, 0.2) is 5.69 Å². The second-order valence-corrected chi connectivity index (χ2v) is 6.63. The van der Waals surface area contributed by atoms with Crippen molar-refractivity contribution in [2.24, 2.45) is 0 Å². The highest BCUT2D eigenvalue weighted by molar-refractivity contribution is 7.15. The molecule has 0 atom stereocenters. The summed E-state index contributed by atoms with van der Waals surface area (Å²) in [5.41, 5.74) is 0.305. The van der Waals surface area contributed by atoms with Gasteiger partial charge in [0.2, 0.25) is 5.13 Å². The number of amides is 1. The summed E-state index contributed by atoms with van der Waals surface area (Å²) in [5, 5.41) is 23.5. The third-order valence-corrected chi connectivity index (χ3v) is 4.72. The van der Waals surface area contributed by atoms with Gasteiger partial charge in [-0.1, -0.05) is 30.4 Å². The zero-order valence-corrected chi connectivity index (χ0v) is 14.7. The Morgan fingerprint density at radius 2 is 2.09 bits per heavy atom. The maximum Gasteiger partial charge on any atom is 0.279 e. The van der Waals surface area contributed by atoms with E-state index < -0.39 is 0 Å². The van der Waals surface area contributed by atoms with Gasteiger partial charge >= 0.3 is 0 Å². The smallest absolute Gasteiger partial charge is 0.279 e. The minimum Gasteiger partial charge on any atom is -0.317 e. The van der Waals surface area contributed by atoms with Gasteiger partial charge in [-0.15, -0.1) is 27.7 Å². The van der Waals surface area contributed by atoms with Crippen LogP contribution in [-0.4, -0.2) is 44.2 Å². The van der Waals surface area contributed by atoms with E-state index in [1.807, 2.05) is 13.8 Å². The third kappa shape index (κ3) is 4.24. The number of hydrogen-bond donors (Lipinski definition) is 2. The molecule has 1 fully saturated rings. The maximum atomic E-state index is 12.2. The molecule has 126 valence electrons. The summed E-state index contributed by atoms with van der Waals surface area (Å²) in [6.45, 7) is 6.01. The first-order chi connectivity index (χ1) is 10.6. The number of aromatic nitrogens is 5. The van der Waals surface area contributed by atoms with Crippen LogP contribution in [0, 0.1) is 0 Å². The van der Waals surface area contributed by atoms with Crippen LogP contribution in [0.15, 0.2) is 6.20 Å². The SMILES string of the molecule is CC(C)c1nnc(NC(=O)c2cn(C3CCNCC3)nn2)s1.Cl. The number of rotatable bonds is 4. The molecule has 1 aliphatic heterocycles. The summed E-state index contributed by atoms with van der Waals surface area (Å²) in [4.78, 5) is 12.2. The zero-order chi connectivity index (χ0) is 15.5. The second-order valence-electron chi connectivity index (χ2n) is 5.62. The lowest BCUT2D eigenvalue weighted by molar-refractivity contribution is 0.102. The Kier molecular flexibility index (Phi) is 6.03. The molecule has 3 rings (SSSR count). The molecule has 1 saturated heterocycles. The highest BCUT2D eigenvalue weighted by atomic mass is 35.5. The lowest BCUT2D eigenvalue weighted by atomic mass is 10.1. The van der Waals surface area contributed by atoms with Crippen LogP contribution in [0.3, 0.4) is 0 Å². The summed E-state index contributed by atoms with van der Waals surface area (Å²) in [6, 6.07) is 0.310. The summed E-state index contributed by atoms with van der Waals surface area (Å²) in [7, 11) is 0. The van der Waals surface area contributed by atoms with Crippen LogP contribution in [0.25, 0.3) is 0 Å². The predicted molar refractivity (Wildman–Crippen MR) is 90.4 cm³/mol. The van der Waals surface area contributed by atoms with Gasteiger partial charge in [0.1, 0.15) is 5.01 Å². The summed E-state index contributed by atoms with van der Waals surface area (Å²) in [6.07, 6.45) is 3.70. The molecule has 8 nitrogen and oxygen atoms in total. The average Bonchev–Trinajstić information content (AvgIpc) is 3.17. The van der Waals surface area contributed by atoms with Crippen LogP contribution < -0.4 is 10.6 Å². The van der Waals surface area contributed by atoms with E-state index in [1.165, 1.54) is 11.3 Å². The molecule has 0 aliphatic carbocycles. The highest BCUT2D eigenvalue weighted by Crippen LogP contribution is 2.23. The number of halogens is 1. The fourth-order valence-corrected chi connectivity index (χ4v) is 3.05. The number of nitrogens with one attached hydrogen (secondary N) is 2. The van der Waals surface area contributed by atoms with Crippen LogP contribution in [-0.2, 0) is 0 Å². The van der Waals surface area contributed by atoms with Crippen molar-refractivity contribution in [2.75, 3.05) is 18.4 Å². The van der Waals surface area contributed by atoms with E-state index in [-0.39, 0.29) is 18.3 Å². The van der Waals surface area contributed by atoms with Crippen LogP contribution in [0.5, 0.6) is 0 Å². The number of nitrogens with zero attached hydrogens (tertiary/aromatic N) is 5. The number of anilines is 1. The molecular formula is C13H20ClN7OS. The summed E-state index contributed by atoms with van der Waals surface area (Å²) < 4.78 is 1.79. The molecule has 3 heterocycles. The van der Waals surface area contributed by atoms with Crippen molar-refractivity contribution in [2.45, 2.75) is 38.6 Å². The molecule has 0 saturated carbocycles. The topological polar surface area (TPSA) is 97.6 Å². The minimum atomic E-state index is -0.299. The molecule has 10 heteroatoms. The summed E-state index contributed by atoms with van der Waals surface area (Å²) >= 11 is 1.38. The lowest BCUT2D eigenvalue weighted by Gasteiger charge is -2.21. The van der Waals surface area contributed by atoms with Gasteiger partial charge in [0.25, 0.3) is 5.91 Å². The molecule has 2 aromatic heterocycles. The van der Waals surface area contributed by atoms with Crippen molar-refractivity contribution in [3.05, 3.63) is 16.9 Å². The van der Waals surface area contributed by atoms with Crippen molar-refractivity contribution in [3.63, 3.8) is 0 Å². The predicted octanol–water partition coefficient (Wildman–Crippen LogP) is 1.85. The maximum absolute atomic E-state index is 12.2. The zero-order valence-electron chi connectivity index (χ0n) is 13.0. The van der Waals surface area contributed by atoms with E-state index in [2.05, 4.69) is 31.1 Å². The van der Waals surface area contributed by atoms with E-state index in [0.29, 0.717) is 22.8 Å². The van der Waals surface area contributed by atoms with Crippen molar-refractivity contribution < 1.29 is 4.79 Å². The molecule has 23 heavy (non-hydrogen) atoms. The van der Waals surface area contributed by atoms with Gasteiger partial charge < -0.3 is 5.32 Å². The molecule has 0 bridgehead atoms. The van der Waals surface area contributed by atoms with Crippen LogP contribution >= 0.6 is 23.7 Å². The molecular weight excluding hydrogens is 338 g/mol. The van der Waals surface area contributed by atoms with Gasteiger partial charge in [-0.25, -0.2) is 4.68 Å². The number of carbonyl (C=O) groups excluding carboxylic acids is 1. The van der Waals surface area contributed by atoms with Crippen molar-refractivity contribution in [1.82, 2.24) is 30.5 Å². The minimum absolute atomic E-state index is 0. The lowest BCUT2D eigenvalue weighted by Crippen LogP contribution is -2.29. The van der Waals surface area contributed by atoms with E-state index in [9.17, 15) is 4.79 Å². The molecule has 1 aliphatic rings. The number of piperidine rings is 1. The Hall–Kier alpha value is -1.58. The Balaban J connectivity index is 0.00000192. The first-order valence-electron chi connectivity index (χ1n) is 7.41. The molecule has 0 aromatic carbocycles. The molecule has 0 unspecified atom stereocenters. The molecule has 0 radical (unpaired) electrons. The van der Waals surface area contributed by atoms with Gasteiger partial charge in [-0.05, 0) is 25.9 Å². The molecule has 2 aromatic rings. The highest BCUT2D eigenvalue weighted by Gasteiger charge is 2.19. The quantitative estimate of drug-likeness (QED) is 0.866. The standard InChI is InChI=1S/C13H19N7OS.ClH/c1-8(2)12-17-18-13(22-12)15-11(21)10-7-20(19-16-10)9-3-5-14-6-4-9;/h7-9,14H,3-6H2,1-2H3,(H,15,18,21);1H. The Morgan fingerprint density at radius 3 is 2.74 bits per heavy atom. The van der Waals surface area contributed by atoms with Gasteiger partial charge in [0, 0.05) is 5.92 Å². The number of hydrogen-bond acceptors (Lipinski definition) is 7. The van der Waals surface area contributed by atoms with Gasteiger partial charge in [-0.2, -0.15) is 0 Å². The largest absolute Gasteiger partial charge is 0.317 e. The van der Waals surface area contributed by atoms with E-state index >= 15 is 0 Å².